The molecule has 1 N–H and O–H groups in total. The lowest BCUT2D eigenvalue weighted by molar-refractivity contribution is -0.112. The number of aromatic nitrogens is 4. The number of fused-ring (bicyclic) bond motifs is 1. The fraction of sp³-hybridized carbons (Fsp3) is 0.208. The summed E-state index contributed by atoms with van der Waals surface area (Å²) in [7, 11) is 4.55. The summed E-state index contributed by atoms with van der Waals surface area (Å²) in [5.41, 5.74) is 2.50. The van der Waals surface area contributed by atoms with Crippen LogP contribution in [0.3, 0.4) is 0 Å². The van der Waals surface area contributed by atoms with Crippen molar-refractivity contribution < 1.29 is 23.8 Å². The number of carbonyl (C=O) groups excluding carboxylic acids is 2. The Bertz CT molecular complexity index is 1360. The molecule has 4 aromatic heterocycles. The molecule has 4 rings (SSSR count). The largest absolute Gasteiger partial charge is 0.495 e. The van der Waals surface area contributed by atoms with E-state index in [-0.39, 0.29) is 5.56 Å². The fourth-order valence-corrected chi connectivity index (χ4v) is 3.61. The number of methoxy groups -OCH3 is 3. The van der Waals surface area contributed by atoms with Crippen LogP contribution in [0.15, 0.2) is 48.9 Å². The highest BCUT2D eigenvalue weighted by Gasteiger charge is 2.26. The van der Waals surface area contributed by atoms with Crippen molar-refractivity contribution in [3.05, 3.63) is 65.9 Å². The number of anilines is 1. The number of pyridine rings is 3. The summed E-state index contributed by atoms with van der Waals surface area (Å²) in [5, 5.41) is 3.12. The van der Waals surface area contributed by atoms with Gasteiger partial charge in [-0.2, -0.15) is 0 Å². The van der Waals surface area contributed by atoms with Crippen LogP contribution in [0.25, 0.3) is 11.0 Å². The monoisotopic (exact) mass is 461 g/mol. The lowest BCUT2D eigenvalue weighted by atomic mass is 10.1. The first kappa shape index (κ1) is 22.7. The summed E-state index contributed by atoms with van der Waals surface area (Å²) in [6.45, 7) is 2.12. The number of nitrogens with zero attached hydrogens (tertiary/aromatic N) is 4. The molecule has 0 saturated heterocycles. The van der Waals surface area contributed by atoms with E-state index in [1.54, 1.807) is 38.6 Å². The standard InChI is InChI=1S/C24H23N5O5/c1-14-21(22(30)24(31)28-15-7-8-25-20(9-15)34-4)19-10-18(33-3)12-27-23(19)29(14)13-16-5-6-17(32-2)11-26-16/h5-12H,13H2,1-4H3,(H,25,28,31). The van der Waals surface area contributed by atoms with E-state index < -0.39 is 11.7 Å². The summed E-state index contributed by atoms with van der Waals surface area (Å²) in [5.74, 6) is -0.0592. The number of ketones is 1. The van der Waals surface area contributed by atoms with Crippen LogP contribution in [-0.2, 0) is 11.3 Å². The van der Waals surface area contributed by atoms with Gasteiger partial charge in [-0.15, -0.1) is 0 Å². The van der Waals surface area contributed by atoms with Crippen LogP contribution in [0.5, 0.6) is 17.4 Å². The number of nitrogens with one attached hydrogen (secondary N) is 1. The minimum absolute atomic E-state index is 0.244. The molecule has 34 heavy (non-hydrogen) atoms. The van der Waals surface area contributed by atoms with Gasteiger partial charge in [-0.25, -0.2) is 9.97 Å². The first-order valence-corrected chi connectivity index (χ1v) is 10.3. The number of carbonyl (C=O) groups is 2. The zero-order valence-corrected chi connectivity index (χ0v) is 19.2. The highest BCUT2D eigenvalue weighted by atomic mass is 16.5. The second-order valence-corrected chi connectivity index (χ2v) is 7.35. The Morgan fingerprint density at radius 2 is 1.71 bits per heavy atom. The molecule has 0 unspecified atom stereocenters. The molecule has 174 valence electrons. The van der Waals surface area contributed by atoms with E-state index in [1.807, 2.05) is 16.7 Å². The van der Waals surface area contributed by atoms with Gasteiger partial charge >= 0.3 is 0 Å². The maximum Gasteiger partial charge on any atom is 0.296 e. The van der Waals surface area contributed by atoms with Crippen LogP contribution in [0.4, 0.5) is 5.69 Å². The molecule has 4 aromatic rings. The van der Waals surface area contributed by atoms with Gasteiger partial charge in [-0.1, -0.05) is 0 Å². The SMILES string of the molecule is COc1ccc(Cn2c(C)c(C(=O)C(=O)Nc3ccnc(OC)c3)c3cc(OC)cnc32)nc1. The lowest BCUT2D eigenvalue weighted by Crippen LogP contribution is -2.23. The molecule has 0 radical (unpaired) electrons. The highest BCUT2D eigenvalue weighted by molar-refractivity contribution is 6.48. The van der Waals surface area contributed by atoms with Crippen molar-refractivity contribution in [1.29, 1.82) is 0 Å². The third-order valence-electron chi connectivity index (χ3n) is 5.36. The van der Waals surface area contributed by atoms with Gasteiger partial charge in [0.05, 0.1) is 51.5 Å². The maximum atomic E-state index is 13.3. The predicted molar refractivity (Wildman–Crippen MR) is 125 cm³/mol. The molecular weight excluding hydrogens is 438 g/mol. The number of ether oxygens (including phenoxy) is 3. The Balaban J connectivity index is 1.73. The van der Waals surface area contributed by atoms with Gasteiger partial charge in [0.25, 0.3) is 11.7 Å². The van der Waals surface area contributed by atoms with E-state index in [0.717, 1.165) is 5.69 Å². The van der Waals surface area contributed by atoms with Gasteiger partial charge in [-0.3, -0.25) is 14.6 Å². The molecule has 0 saturated carbocycles. The van der Waals surface area contributed by atoms with Crippen LogP contribution >= 0.6 is 0 Å². The molecule has 10 nitrogen and oxygen atoms in total. The minimum atomic E-state index is -0.791. The normalized spacial score (nSPS) is 10.7. The number of Topliss-reactive ketones (excluding diaryl/α,β-unsaturated/α-hetero) is 1. The number of hydrogen-bond acceptors (Lipinski definition) is 8. The highest BCUT2D eigenvalue weighted by Crippen LogP contribution is 2.29. The van der Waals surface area contributed by atoms with E-state index >= 15 is 0 Å². The topological polar surface area (TPSA) is 117 Å². The smallest absolute Gasteiger partial charge is 0.296 e. The van der Waals surface area contributed by atoms with Crippen molar-refractivity contribution in [2.24, 2.45) is 0 Å². The first-order chi connectivity index (χ1) is 16.4. The zero-order chi connectivity index (χ0) is 24.2. The van der Waals surface area contributed by atoms with Crippen molar-refractivity contribution in [2.75, 3.05) is 26.6 Å². The zero-order valence-electron chi connectivity index (χ0n) is 19.2. The van der Waals surface area contributed by atoms with Crippen LogP contribution in [0, 0.1) is 6.92 Å². The van der Waals surface area contributed by atoms with Gasteiger partial charge in [0.2, 0.25) is 5.88 Å². The molecule has 4 heterocycles. The fourth-order valence-electron chi connectivity index (χ4n) is 3.61. The van der Waals surface area contributed by atoms with Crippen LogP contribution in [0.1, 0.15) is 21.7 Å². The molecule has 0 spiro atoms. The maximum absolute atomic E-state index is 13.3. The predicted octanol–water partition coefficient (Wildman–Crippen LogP) is 3.03. The van der Waals surface area contributed by atoms with E-state index in [9.17, 15) is 9.59 Å². The summed E-state index contributed by atoms with van der Waals surface area (Å²) < 4.78 is 17.4. The third-order valence-corrected chi connectivity index (χ3v) is 5.36. The number of hydrogen-bond donors (Lipinski definition) is 1. The van der Waals surface area contributed by atoms with Crippen LogP contribution < -0.4 is 19.5 Å². The van der Waals surface area contributed by atoms with Crippen LogP contribution in [-0.4, -0.2) is 52.5 Å². The van der Waals surface area contributed by atoms with Crippen molar-refractivity contribution in [1.82, 2.24) is 19.5 Å². The van der Waals surface area contributed by atoms with Gasteiger partial charge in [0.1, 0.15) is 17.1 Å². The molecule has 10 heteroatoms. The molecule has 0 bridgehead atoms. The van der Waals surface area contributed by atoms with Gasteiger partial charge in [-0.05, 0) is 31.2 Å². The Morgan fingerprint density at radius 3 is 2.38 bits per heavy atom. The first-order valence-electron chi connectivity index (χ1n) is 10.3. The van der Waals surface area contributed by atoms with E-state index in [0.29, 0.717) is 46.3 Å². The summed E-state index contributed by atoms with van der Waals surface area (Å²) in [6.07, 6.45) is 4.67. The Labute approximate surface area is 195 Å². The second kappa shape index (κ2) is 9.57. The molecule has 0 aliphatic rings. The summed E-state index contributed by atoms with van der Waals surface area (Å²) in [4.78, 5) is 39.1. The van der Waals surface area contributed by atoms with Crippen molar-refractivity contribution in [3.8, 4) is 17.4 Å². The summed E-state index contributed by atoms with van der Waals surface area (Å²) in [6, 6.07) is 8.44. The van der Waals surface area contributed by atoms with Crippen molar-refractivity contribution >= 4 is 28.4 Å². The molecule has 0 atom stereocenters. The average Bonchev–Trinajstić information content (AvgIpc) is 3.14. The lowest BCUT2D eigenvalue weighted by Gasteiger charge is -2.09. The Morgan fingerprint density at radius 1 is 0.941 bits per heavy atom. The Hall–Kier alpha value is -4.47. The molecule has 0 aliphatic carbocycles. The van der Waals surface area contributed by atoms with E-state index in [2.05, 4.69) is 20.3 Å². The molecule has 0 aliphatic heterocycles. The van der Waals surface area contributed by atoms with E-state index in [4.69, 9.17) is 14.2 Å². The number of rotatable bonds is 8. The average molecular weight is 461 g/mol. The van der Waals surface area contributed by atoms with Gasteiger partial charge < -0.3 is 24.1 Å². The number of amides is 1. The molecule has 1 amide bonds. The van der Waals surface area contributed by atoms with Crippen LogP contribution in [0.2, 0.25) is 0 Å². The van der Waals surface area contributed by atoms with Crippen molar-refractivity contribution in [2.45, 2.75) is 13.5 Å². The second-order valence-electron chi connectivity index (χ2n) is 7.35. The molecule has 0 fully saturated rings. The van der Waals surface area contributed by atoms with Crippen molar-refractivity contribution in [3.63, 3.8) is 0 Å². The molecule has 0 aromatic carbocycles. The minimum Gasteiger partial charge on any atom is -0.495 e. The third kappa shape index (κ3) is 4.38. The summed E-state index contributed by atoms with van der Waals surface area (Å²) >= 11 is 0. The van der Waals surface area contributed by atoms with E-state index in [1.165, 1.54) is 26.5 Å². The quantitative estimate of drug-likeness (QED) is 0.314. The van der Waals surface area contributed by atoms with Gasteiger partial charge in [0.15, 0.2) is 0 Å². The van der Waals surface area contributed by atoms with Gasteiger partial charge in [0, 0.05) is 29.0 Å². The Kier molecular flexibility index (Phi) is 6.39. The molecular formula is C24H23N5O5.